The van der Waals surface area contributed by atoms with Crippen molar-refractivity contribution in [3.8, 4) is 0 Å². The van der Waals surface area contributed by atoms with E-state index in [-0.39, 0.29) is 11.8 Å². The van der Waals surface area contributed by atoms with Crippen molar-refractivity contribution in [1.29, 1.82) is 0 Å². The lowest BCUT2D eigenvalue weighted by Crippen LogP contribution is -2.50. The molecule has 5 nitrogen and oxygen atoms in total. The molecule has 2 rings (SSSR count). The Morgan fingerprint density at radius 2 is 2.19 bits per heavy atom. The van der Waals surface area contributed by atoms with E-state index < -0.39 is 5.54 Å². The monoisotopic (exact) mass is 289 g/mol. The Labute approximate surface area is 125 Å². The summed E-state index contributed by atoms with van der Waals surface area (Å²) in [5.41, 5.74) is 0.738. The van der Waals surface area contributed by atoms with Crippen LogP contribution >= 0.6 is 0 Å². The maximum atomic E-state index is 12.6. The van der Waals surface area contributed by atoms with E-state index in [0.717, 1.165) is 32.2 Å². The van der Waals surface area contributed by atoms with Crippen LogP contribution in [0.1, 0.15) is 43.0 Å². The second kappa shape index (κ2) is 6.72. The topological polar surface area (TPSA) is 70.2 Å². The summed E-state index contributed by atoms with van der Waals surface area (Å²) in [6.07, 6.45) is 3.67. The zero-order chi connectivity index (χ0) is 15.3. The van der Waals surface area contributed by atoms with Gasteiger partial charge in [0.15, 0.2) is 0 Å². The first kappa shape index (κ1) is 15.5. The van der Waals surface area contributed by atoms with Gasteiger partial charge in [-0.3, -0.25) is 9.59 Å². The third kappa shape index (κ3) is 3.42. The fourth-order valence-corrected chi connectivity index (χ4v) is 2.89. The maximum Gasteiger partial charge on any atom is 0.251 e. The highest BCUT2D eigenvalue weighted by Crippen LogP contribution is 2.26. The molecule has 114 valence electrons. The molecule has 0 aromatic heterocycles. The van der Waals surface area contributed by atoms with Crippen molar-refractivity contribution in [2.45, 2.75) is 38.1 Å². The van der Waals surface area contributed by atoms with Crippen LogP contribution in [0.15, 0.2) is 24.3 Å². The minimum atomic E-state index is -0.461. The van der Waals surface area contributed by atoms with Crippen molar-refractivity contribution in [3.63, 3.8) is 0 Å². The average Bonchev–Trinajstić information content (AvgIpc) is 2.97. The summed E-state index contributed by atoms with van der Waals surface area (Å²) in [6, 6.07) is 7.00. The first-order valence-electron chi connectivity index (χ1n) is 7.50. The molecule has 1 fully saturated rings. The number of nitrogens with one attached hydrogen (secondary N) is 3. The highest BCUT2D eigenvalue weighted by Gasteiger charge is 2.39. The molecule has 21 heavy (non-hydrogen) atoms. The van der Waals surface area contributed by atoms with Crippen LogP contribution in [0, 0.1) is 0 Å². The Morgan fingerprint density at radius 1 is 1.38 bits per heavy atom. The van der Waals surface area contributed by atoms with Crippen LogP contribution < -0.4 is 16.0 Å². The van der Waals surface area contributed by atoms with Gasteiger partial charge in [-0.05, 0) is 44.0 Å². The molecular formula is C16H23N3O2. The van der Waals surface area contributed by atoms with E-state index in [9.17, 15) is 9.59 Å². The van der Waals surface area contributed by atoms with Gasteiger partial charge in [0.2, 0.25) is 5.91 Å². The molecule has 0 aliphatic carbocycles. The van der Waals surface area contributed by atoms with Crippen molar-refractivity contribution in [2.75, 3.05) is 18.9 Å². The second-order valence-corrected chi connectivity index (χ2v) is 5.48. The lowest BCUT2D eigenvalue weighted by Gasteiger charge is -2.27. The van der Waals surface area contributed by atoms with E-state index in [1.165, 1.54) is 0 Å². The van der Waals surface area contributed by atoms with Crippen molar-refractivity contribution >= 4 is 17.5 Å². The minimum Gasteiger partial charge on any atom is -0.355 e. The van der Waals surface area contributed by atoms with Crippen LogP contribution in [0.5, 0.6) is 0 Å². The molecular weight excluding hydrogens is 266 g/mol. The quantitative estimate of drug-likeness (QED) is 0.775. The molecule has 1 saturated heterocycles. The number of benzene rings is 1. The number of carbonyl (C=O) groups is 2. The molecule has 1 aromatic carbocycles. The van der Waals surface area contributed by atoms with E-state index in [1.54, 1.807) is 31.3 Å². The van der Waals surface area contributed by atoms with Crippen LogP contribution in [0.3, 0.4) is 0 Å². The normalized spacial score (nSPS) is 21.0. The fraction of sp³-hybridized carbons (Fsp3) is 0.500. The smallest absolute Gasteiger partial charge is 0.251 e. The van der Waals surface area contributed by atoms with Gasteiger partial charge in [0, 0.05) is 18.3 Å². The van der Waals surface area contributed by atoms with Gasteiger partial charge in [-0.2, -0.15) is 0 Å². The average molecular weight is 289 g/mol. The molecule has 5 heteroatoms. The molecule has 1 heterocycles. The molecule has 1 aromatic rings. The number of hydrogen-bond acceptors (Lipinski definition) is 3. The van der Waals surface area contributed by atoms with Gasteiger partial charge in [-0.15, -0.1) is 0 Å². The van der Waals surface area contributed by atoms with Gasteiger partial charge < -0.3 is 16.0 Å². The maximum absolute atomic E-state index is 12.6. The number of hydrogen-bond donors (Lipinski definition) is 3. The summed E-state index contributed by atoms with van der Waals surface area (Å²) in [6.45, 7) is 2.97. The molecule has 0 spiro atoms. The van der Waals surface area contributed by atoms with E-state index >= 15 is 0 Å². The predicted octanol–water partition coefficient (Wildman–Crippen LogP) is 1.91. The molecule has 1 aliphatic rings. The summed E-state index contributed by atoms with van der Waals surface area (Å²) in [4.78, 5) is 24.2. The Hall–Kier alpha value is -1.88. The summed E-state index contributed by atoms with van der Waals surface area (Å²) < 4.78 is 0. The highest BCUT2D eigenvalue weighted by molar-refractivity contribution is 6.00. The van der Waals surface area contributed by atoms with Gasteiger partial charge in [0.05, 0.1) is 5.54 Å². The Balaban J connectivity index is 2.13. The first-order valence-corrected chi connectivity index (χ1v) is 7.50. The molecule has 0 radical (unpaired) electrons. The van der Waals surface area contributed by atoms with E-state index in [4.69, 9.17) is 0 Å². The third-order valence-electron chi connectivity index (χ3n) is 3.96. The van der Waals surface area contributed by atoms with Crippen LogP contribution in [0.4, 0.5) is 5.69 Å². The Bertz CT molecular complexity index is 522. The largest absolute Gasteiger partial charge is 0.355 e. The lowest BCUT2D eigenvalue weighted by molar-refractivity contribution is -0.122. The van der Waals surface area contributed by atoms with Crippen molar-refractivity contribution in [1.82, 2.24) is 10.6 Å². The summed E-state index contributed by atoms with van der Waals surface area (Å²) in [7, 11) is 1.59. The first-order chi connectivity index (χ1) is 10.1. The van der Waals surface area contributed by atoms with E-state index in [0.29, 0.717) is 11.3 Å². The summed E-state index contributed by atoms with van der Waals surface area (Å²) >= 11 is 0. The van der Waals surface area contributed by atoms with Crippen molar-refractivity contribution < 1.29 is 9.59 Å². The Morgan fingerprint density at radius 3 is 2.81 bits per heavy atom. The summed E-state index contributed by atoms with van der Waals surface area (Å²) in [5.74, 6) is -0.163. The van der Waals surface area contributed by atoms with Crippen molar-refractivity contribution in [3.05, 3.63) is 29.8 Å². The molecule has 0 bridgehead atoms. The molecule has 1 aliphatic heterocycles. The van der Waals surface area contributed by atoms with Gasteiger partial charge >= 0.3 is 0 Å². The molecule has 1 atom stereocenters. The zero-order valence-electron chi connectivity index (χ0n) is 12.7. The lowest BCUT2D eigenvalue weighted by atomic mass is 9.90. The van der Waals surface area contributed by atoms with Crippen LogP contribution in [0.25, 0.3) is 0 Å². The van der Waals surface area contributed by atoms with Crippen LogP contribution in [-0.4, -0.2) is 30.9 Å². The van der Waals surface area contributed by atoms with E-state index in [2.05, 4.69) is 22.9 Å². The standard InChI is InChI=1S/C16H23N3O2/c1-3-8-16(9-5-10-18-16)15(21)19-13-7-4-6-12(11-13)14(20)17-2/h4,6-7,11,18H,3,5,8-10H2,1-2H3,(H,17,20)(H,19,21). The molecule has 0 saturated carbocycles. The van der Waals surface area contributed by atoms with Crippen LogP contribution in [0.2, 0.25) is 0 Å². The fourth-order valence-electron chi connectivity index (χ4n) is 2.89. The second-order valence-electron chi connectivity index (χ2n) is 5.48. The molecule has 1 unspecified atom stereocenters. The van der Waals surface area contributed by atoms with Crippen LogP contribution in [-0.2, 0) is 4.79 Å². The highest BCUT2D eigenvalue weighted by atomic mass is 16.2. The number of carbonyl (C=O) groups excluding carboxylic acids is 2. The van der Waals surface area contributed by atoms with Crippen molar-refractivity contribution in [2.24, 2.45) is 0 Å². The SMILES string of the molecule is CCCC1(C(=O)Nc2cccc(C(=O)NC)c2)CCCN1. The van der Waals surface area contributed by atoms with Gasteiger partial charge in [-0.25, -0.2) is 0 Å². The van der Waals surface area contributed by atoms with Gasteiger partial charge in [0.1, 0.15) is 0 Å². The molecule has 2 amide bonds. The minimum absolute atomic E-state index is 0.00379. The third-order valence-corrected chi connectivity index (χ3v) is 3.96. The number of anilines is 1. The Kier molecular flexibility index (Phi) is 4.96. The van der Waals surface area contributed by atoms with E-state index in [1.807, 2.05) is 0 Å². The van der Waals surface area contributed by atoms with Gasteiger partial charge in [-0.1, -0.05) is 19.4 Å². The predicted molar refractivity (Wildman–Crippen MR) is 83.3 cm³/mol. The number of amides is 2. The molecule has 3 N–H and O–H groups in total. The summed E-state index contributed by atoms with van der Waals surface area (Å²) in [5, 5.41) is 8.88. The zero-order valence-corrected chi connectivity index (χ0v) is 12.7. The number of rotatable bonds is 5. The van der Waals surface area contributed by atoms with Gasteiger partial charge in [0.25, 0.3) is 5.91 Å².